The van der Waals surface area contributed by atoms with E-state index in [1.807, 2.05) is 24.6 Å². The lowest BCUT2D eigenvalue weighted by Crippen LogP contribution is -2.38. The first-order valence-electron chi connectivity index (χ1n) is 6.67. The molecule has 0 saturated heterocycles. The van der Waals surface area contributed by atoms with Gasteiger partial charge in [-0.15, -0.1) is 16.8 Å². The second-order valence-corrected chi connectivity index (χ2v) is 4.34. The lowest BCUT2D eigenvalue weighted by atomic mass is 10.3. The highest BCUT2D eigenvalue weighted by Crippen LogP contribution is 1.98. The van der Waals surface area contributed by atoms with Crippen molar-refractivity contribution >= 4 is 5.96 Å². The van der Waals surface area contributed by atoms with Gasteiger partial charge in [0.15, 0.2) is 11.8 Å². The Hall–Kier alpha value is -1.85. The molecule has 1 heterocycles. The number of aromatic nitrogens is 3. The second kappa shape index (κ2) is 8.29. The highest BCUT2D eigenvalue weighted by Gasteiger charge is 2.04. The summed E-state index contributed by atoms with van der Waals surface area (Å²) in [6, 6.07) is 0. The van der Waals surface area contributed by atoms with Gasteiger partial charge in [0, 0.05) is 20.1 Å². The maximum absolute atomic E-state index is 4.50. The topological polar surface area (TPSA) is 67.1 Å². The fraction of sp³-hybridized carbons (Fsp3) is 0.615. The molecule has 0 aliphatic heterocycles. The Morgan fingerprint density at radius 2 is 2.21 bits per heavy atom. The summed E-state index contributed by atoms with van der Waals surface area (Å²) in [7, 11) is 1.95. The maximum Gasteiger partial charge on any atom is 0.191 e. The minimum Gasteiger partial charge on any atom is -0.356 e. The molecule has 6 heteroatoms. The zero-order chi connectivity index (χ0) is 14.1. The molecule has 0 fully saturated rings. The van der Waals surface area contributed by atoms with Crippen molar-refractivity contribution < 1.29 is 0 Å². The Balaban J connectivity index is 2.59. The summed E-state index contributed by atoms with van der Waals surface area (Å²) in [5, 5.41) is 14.6. The average Bonchev–Trinajstić information content (AvgIpc) is 2.73. The molecule has 0 spiro atoms. The molecular weight excluding hydrogens is 240 g/mol. The summed E-state index contributed by atoms with van der Waals surface area (Å²) in [4.78, 5) is 4.50. The van der Waals surface area contributed by atoms with E-state index >= 15 is 0 Å². The summed E-state index contributed by atoms with van der Waals surface area (Å²) in [6.45, 7) is 9.90. The van der Waals surface area contributed by atoms with E-state index in [1.54, 1.807) is 0 Å². The Labute approximate surface area is 115 Å². The van der Waals surface area contributed by atoms with Crippen molar-refractivity contribution in [2.45, 2.75) is 33.2 Å². The molecule has 1 aromatic rings. The molecular formula is C13H24N6. The first kappa shape index (κ1) is 15.2. The number of rotatable bonds is 7. The number of nitrogens with one attached hydrogen (secondary N) is 2. The summed E-state index contributed by atoms with van der Waals surface area (Å²) in [5.74, 6) is 2.53. The van der Waals surface area contributed by atoms with Crippen molar-refractivity contribution in [1.82, 2.24) is 25.4 Å². The third-order valence-corrected chi connectivity index (χ3v) is 2.80. The molecule has 0 aromatic carbocycles. The number of guanidine groups is 1. The predicted octanol–water partition coefficient (Wildman–Crippen LogP) is 1.14. The predicted molar refractivity (Wildman–Crippen MR) is 78.0 cm³/mol. The first-order chi connectivity index (χ1) is 9.19. The number of nitrogens with zero attached hydrogens (tertiary/aromatic N) is 4. The third kappa shape index (κ3) is 5.11. The Kier molecular flexibility index (Phi) is 6.63. The quantitative estimate of drug-likeness (QED) is 0.335. The standard InChI is InChI=1S/C13H24N6/c1-5-7-9-15-13(14-8-6-2)16-10-12-18-17-11(3)19(12)4/h6H,2,5,7-10H2,1,3-4H3,(H2,14,15,16). The smallest absolute Gasteiger partial charge is 0.191 e. The zero-order valence-electron chi connectivity index (χ0n) is 12.1. The van der Waals surface area contributed by atoms with Crippen LogP contribution < -0.4 is 10.6 Å². The highest BCUT2D eigenvalue weighted by atomic mass is 15.3. The van der Waals surface area contributed by atoms with Gasteiger partial charge in [-0.1, -0.05) is 19.4 Å². The summed E-state index contributed by atoms with van der Waals surface area (Å²) in [5.41, 5.74) is 0. The van der Waals surface area contributed by atoms with Crippen LogP contribution in [0, 0.1) is 6.92 Å². The van der Waals surface area contributed by atoms with Gasteiger partial charge >= 0.3 is 0 Å². The van der Waals surface area contributed by atoms with Crippen LogP contribution in [0.25, 0.3) is 0 Å². The van der Waals surface area contributed by atoms with Crippen molar-refractivity contribution in [3.63, 3.8) is 0 Å². The molecule has 2 N–H and O–H groups in total. The number of aliphatic imine (C=N–C) groups is 1. The fourth-order valence-electron chi connectivity index (χ4n) is 1.47. The van der Waals surface area contributed by atoms with Crippen molar-refractivity contribution in [2.75, 3.05) is 13.1 Å². The lowest BCUT2D eigenvalue weighted by Gasteiger charge is -2.10. The van der Waals surface area contributed by atoms with E-state index in [1.165, 1.54) is 0 Å². The molecule has 0 saturated carbocycles. The van der Waals surface area contributed by atoms with Crippen molar-refractivity contribution in [2.24, 2.45) is 12.0 Å². The van der Waals surface area contributed by atoms with E-state index in [9.17, 15) is 0 Å². The van der Waals surface area contributed by atoms with Crippen molar-refractivity contribution in [1.29, 1.82) is 0 Å². The fourth-order valence-corrected chi connectivity index (χ4v) is 1.47. The molecule has 0 unspecified atom stereocenters. The van der Waals surface area contributed by atoms with Crippen LogP contribution in [-0.2, 0) is 13.6 Å². The van der Waals surface area contributed by atoms with Crippen LogP contribution in [0.2, 0.25) is 0 Å². The molecule has 106 valence electrons. The largest absolute Gasteiger partial charge is 0.356 e. The average molecular weight is 264 g/mol. The van der Waals surface area contributed by atoms with E-state index in [0.29, 0.717) is 13.1 Å². The van der Waals surface area contributed by atoms with Gasteiger partial charge in [0.1, 0.15) is 12.4 Å². The summed E-state index contributed by atoms with van der Waals surface area (Å²) in [6.07, 6.45) is 4.09. The monoisotopic (exact) mass is 264 g/mol. The van der Waals surface area contributed by atoms with E-state index < -0.39 is 0 Å². The minimum atomic E-state index is 0.510. The van der Waals surface area contributed by atoms with E-state index in [0.717, 1.165) is 37.0 Å². The van der Waals surface area contributed by atoms with Gasteiger partial charge in [-0.25, -0.2) is 4.99 Å². The number of aryl methyl sites for hydroxylation is 1. The van der Waals surface area contributed by atoms with Gasteiger partial charge in [0.2, 0.25) is 0 Å². The molecule has 1 rings (SSSR count). The van der Waals surface area contributed by atoms with Crippen LogP contribution in [0.1, 0.15) is 31.4 Å². The normalized spacial score (nSPS) is 11.4. The molecule has 1 aromatic heterocycles. The Morgan fingerprint density at radius 1 is 1.42 bits per heavy atom. The number of unbranched alkanes of at least 4 members (excludes halogenated alkanes) is 1. The van der Waals surface area contributed by atoms with Crippen LogP contribution in [0.4, 0.5) is 0 Å². The summed E-state index contributed by atoms with van der Waals surface area (Å²) >= 11 is 0. The Morgan fingerprint density at radius 3 is 2.79 bits per heavy atom. The summed E-state index contributed by atoms with van der Waals surface area (Å²) < 4.78 is 1.95. The maximum atomic E-state index is 4.50. The van der Waals surface area contributed by atoms with Crippen LogP contribution >= 0.6 is 0 Å². The van der Waals surface area contributed by atoms with Gasteiger partial charge in [0.05, 0.1) is 0 Å². The second-order valence-electron chi connectivity index (χ2n) is 4.34. The van der Waals surface area contributed by atoms with Gasteiger partial charge in [0.25, 0.3) is 0 Å². The number of hydrogen-bond donors (Lipinski definition) is 2. The molecule has 0 aliphatic carbocycles. The molecule has 0 radical (unpaired) electrons. The van der Waals surface area contributed by atoms with Gasteiger partial charge in [-0.3, -0.25) is 0 Å². The van der Waals surface area contributed by atoms with Gasteiger partial charge in [-0.05, 0) is 13.3 Å². The first-order valence-corrected chi connectivity index (χ1v) is 6.67. The molecule has 19 heavy (non-hydrogen) atoms. The van der Waals surface area contributed by atoms with Crippen LogP contribution in [0.15, 0.2) is 17.6 Å². The van der Waals surface area contributed by atoms with Crippen LogP contribution in [0.3, 0.4) is 0 Å². The van der Waals surface area contributed by atoms with Crippen molar-refractivity contribution in [3.05, 3.63) is 24.3 Å². The molecule has 0 aliphatic rings. The SMILES string of the molecule is C=CCNC(=NCc1nnc(C)n1C)NCCCC. The zero-order valence-corrected chi connectivity index (χ0v) is 12.1. The molecule has 0 atom stereocenters. The number of hydrogen-bond acceptors (Lipinski definition) is 3. The molecule has 6 nitrogen and oxygen atoms in total. The van der Waals surface area contributed by atoms with Gasteiger partial charge < -0.3 is 15.2 Å². The van der Waals surface area contributed by atoms with Crippen LogP contribution in [-0.4, -0.2) is 33.8 Å². The Bertz CT molecular complexity index is 421. The van der Waals surface area contributed by atoms with Crippen LogP contribution in [0.5, 0.6) is 0 Å². The lowest BCUT2D eigenvalue weighted by molar-refractivity contribution is 0.724. The highest BCUT2D eigenvalue weighted by molar-refractivity contribution is 5.79. The third-order valence-electron chi connectivity index (χ3n) is 2.80. The van der Waals surface area contributed by atoms with E-state index in [2.05, 4.69) is 39.3 Å². The van der Waals surface area contributed by atoms with E-state index in [-0.39, 0.29) is 0 Å². The van der Waals surface area contributed by atoms with Gasteiger partial charge in [-0.2, -0.15) is 0 Å². The molecule has 0 bridgehead atoms. The molecule has 0 amide bonds. The van der Waals surface area contributed by atoms with E-state index in [4.69, 9.17) is 0 Å². The minimum absolute atomic E-state index is 0.510. The van der Waals surface area contributed by atoms with Crippen molar-refractivity contribution in [3.8, 4) is 0 Å².